The molecule has 15 heavy (non-hydrogen) atoms. The number of benzene rings is 1. The SMILES string of the molecule is COc1cc(OC(F)(F)F)c(N)cc1Br. The lowest BCUT2D eigenvalue weighted by Crippen LogP contribution is -2.18. The summed E-state index contributed by atoms with van der Waals surface area (Å²) in [5, 5.41) is 0. The van der Waals surface area contributed by atoms with Gasteiger partial charge in [0, 0.05) is 6.07 Å². The molecule has 0 saturated heterocycles. The molecule has 3 nitrogen and oxygen atoms in total. The van der Waals surface area contributed by atoms with E-state index in [9.17, 15) is 13.2 Å². The molecule has 2 N–H and O–H groups in total. The Morgan fingerprint density at radius 1 is 1.27 bits per heavy atom. The van der Waals surface area contributed by atoms with Gasteiger partial charge in [-0.05, 0) is 22.0 Å². The summed E-state index contributed by atoms with van der Waals surface area (Å²) in [6.07, 6.45) is -4.77. The number of hydrogen-bond acceptors (Lipinski definition) is 3. The Balaban J connectivity index is 3.08. The van der Waals surface area contributed by atoms with Crippen LogP contribution in [0.15, 0.2) is 16.6 Å². The number of hydrogen-bond donors (Lipinski definition) is 1. The smallest absolute Gasteiger partial charge is 0.495 e. The van der Waals surface area contributed by atoms with Gasteiger partial charge in [0.15, 0.2) is 5.75 Å². The van der Waals surface area contributed by atoms with Gasteiger partial charge in [0.2, 0.25) is 0 Å². The van der Waals surface area contributed by atoms with E-state index in [1.165, 1.54) is 13.2 Å². The van der Waals surface area contributed by atoms with Crippen molar-refractivity contribution in [1.29, 1.82) is 0 Å². The zero-order chi connectivity index (χ0) is 11.6. The zero-order valence-electron chi connectivity index (χ0n) is 7.56. The average Bonchev–Trinajstić information content (AvgIpc) is 2.07. The molecule has 0 spiro atoms. The first kappa shape index (κ1) is 12.0. The Hall–Kier alpha value is -1.11. The number of ether oxygens (including phenoxy) is 2. The second-order valence-corrected chi connectivity index (χ2v) is 3.43. The summed E-state index contributed by atoms with van der Waals surface area (Å²) in [4.78, 5) is 0. The molecule has 0 bridgehead atoms. The average molecular weight is 286 g/mol. The molecule has 0 radical (unpaired) electrons. The molecule has 0 saturated carbocycles. The fourth-order valence-electron chi connectivity index (χ4n) is 0.920. The first-order chi connectivity index (χ1) is 6.83. The third kappa shape index (κ3) is 3.19. The molecular weight excluding hydrogens is 279 g/mol. The van der Waals surface area contributed by atoms with Gasteiger partial charge >= 0.3 is 6.36 Å². The van der Waals surface area contributed by atoms with Gasteiger partial charge in [0.1, 0.15) is 5.75 Å². The minimum Gasteiger partial charge on any atom is -0.495 e. The third-order valence-electron chi connectivity index (χ3n) is 1.51. The molecule has 0 aliphatic heterocycles. The van der Waals surface area contributed by atoms with Crippen molar-refractivity contribution in [2.45, 2.75) is 6.36 Å². The van der Waals surface area contributed by atoms with Crippen LogP contribution in [-0.2, 0) is 0 Å². The minimum atomic E-state index is -4.77. The number of rotatable bonds is 2. The van der Waals surface area contributed by atoms with Crippen LogP contribution in [-0.4, -0.2) is 13.5 Å². The highest BCUT2D eigenvalue weighted by atomic mass is 79.9. The van der Waals surface area contributed by atoms with E-state index in [1.54, 1.807) is 0 Å². The molecule has 7 heteroatoms. The molecule has 0 aliphatic carbocycles. The third-order valence-corrected chi connectivity index (χ3v) is 2.13. The van der Waals surface area contributed by atoms with Crippen molar-refractivity contribution in [2.75, 3.05) is 12.8 Å². The molecule has 0 fully saturated rings. The lowest BCUT2D eigenvalue weighted by molar-refractivity contribution is -0.274. The minimum absolute atomic E-state index is 0.125. The molecule has 0 unspecified atom stereocenters. The van der Waals surface area contributed by atoms with Crippen LogP contribution in [0.5, 0.6) is 11.5 Å². The maximum Gasteiger partial charge on any atom is 0.573 e. The van der Waals surface area contributed by atoms with Crippen LogP contribution in [0.3, 0.4) is 0 Å². The molecule has 0 aromatic heterocycles. The molecule has 1 aromatic rings. The maximum absolute atomic E-state index is 11.9. The molecular formula is C8H7BrF3NO2. The van der Waals surface area contributed by atoms with E-state index in [1.807, 2.05) is 0 Å². The van der Waals surface area contributed by atoms with Gasteiger partial charge in [-0.3, -0.25) is 0 Å². The van der Waals surface area contributed by atoms with Gasteiger partial charge in [0.05, 0.1) is 17.3 Å². The van der Waals surface area contributed by atoms with Crippen molar-refractivity contribution in [3.05, 3.63) is 16.6 Å². The monoisotopic (exact) mass is 285 g/mol. The molecule has 0 amide bonds. The van der Waals surface area contributed by atoms with E-state index in [0.717, 1.165) is 6.07 Å². The standard InChI is InChI=1S/C8H7BrF3NO2/c1-14-6-3-7(15-8(10,11)12)5(13)2-4(6)9/h2-3H,13H2,1H3. The Kier molecular flexibility index (Phi) is 3.33. The van der Waals surface area contributed by atoms with E-state index in [2.05, 4.69) is 20.7 Å². The summed E-state index contributed by atoms with van der Waals surface area (Å²) >= 11 is 3.08. The van der Waals surface area contributed by atoms with Crippen LogP contribution >= 0.6 is 15.9 Å². The summed E-state index contributed by atoms with van der Waals surface area (Å²) < 4.78 is 44.7. The van der Waals surface area contributed by atoms with Crippen LogP contribution < -0.4 is 15.2 Å². The topological polar surface area (TPSA) is 44.5 Å². The molecule has 84 valence electrons. The number of anilines is 1. The molecule has 0 heterocycles. The lowest BCUT2D eigenvalue weighted by atomic mass is 10.3. The second-order valence-electron chi connectivity index (χ2n) is 2.57. The summed E-state index contributed by atoms with van der Waals surface area (Å²) in [5.74, 6) is -0.272. The van der Waals surface area contributed by atoms with Crippen LogP contribution in [0.1, 0.15) is 0 Å². The van der Waals surface area contributed by atoms with Crippen molar-refractivity contribution in [3.63, 3.8) is 0 Å². The van der Waals surface area contributed by atoms with E-state index in [-0.39, 0.29) is 11.4 Å². The first-order valence-electron chi connectivity index (χ1n) is 3.72. The highest BCUT2D eigenvalue weighted by Crippen LogP contribution is 2.36. The van der Waals surface area contributed by atoms with Gasteiger partial charge in [-0.15, -0.1) is 13.2 Å². The van der Waals surface area contributed by atoms with Gasteiger partial charge in [-0.2, -0.15) is 0 Å². The number of alkyl halides is 3. The molecule has 1 rings (SSSR count). The van der Waals surface area contributed by atoms with Crippen molar-refractivity contribution in [3.8, 4) is 11.5 Å². The summed E-state index contributed by atoms with van der Waals surface area (Å²) in [5.41, 5.74) is 5.22. The Bertz CT molecular complexity index is 368. The van der Waals surface area contributed by atoms with Gasteiger partial charge in [-0.1, -0.05) is 0 Å². The van der Waals surface area contributed by atoms with Gasteiger partial charge in [0.25, 0.3) is 0 Å². The molecule has 0 aliphatic rings. The van der Waals surface area contributed by atoms with E-state index >= 15 is 0 Å². The Morgan fingerprint density at radius 2 is 1.87 bits per heavy atom. The molecule has 1 aromatic carbocycles. The fourth-order valence-corrected chi connectivity index (χ4v) is 1.44. The van der Waals surface area contributed by atoms with Crippen LogP contribution in [0.4, 0.5) is 18.9 Å². The Labute approximate surface area is 92.1 Å². The van der Waals surface area contributed by atoms with Crippen LogP contribution in [0, 0.1) is 0 Å². The number of nitrogen functional groups attached to an aromatic ring is 1. The van der Waals surface area contributed by atoms with Crippen molar-refractivity contribution in [2.24, 2.45) is 0 Å². The Morgan fingerprint density at radius 3 is 2.33 bits per heavy atom. The zero-order valence-corrected chi connectivity index (χ0v) is 9.15. The van der Waals surface area contributed by atoms with Crippen molar-refractivity contribution >= 4 is 21.6 Å². The lowest BCUT2D eigenvalue weighted by Gasteiger charge is -2.13. The van der Waals surface area contributed by atoms with Crippen molar-refractivity contribution in [1.82, 2.24) is 0 Å². The highest BCUT2D eigenvalue weighted by Gasteiger charge is 2.32. The first-order valence-corrected chi connectivity index (χ1v) is 4.51. The predicted molar refractivity (Wildman–Crippen MR) is 51.8 cm³/mol. The number of methoxy groups -OCH3 is 1. The van der Waals surface area contributed by atoms with Gasteiger partial charge < -0.3 is 15.2 Å². The van der Waals surface area contributed by atoms with E-state index in [4.69, 9.17) is 10.5 Å². The summed E-state index contributed by atoms with van der Waals surface area (Å²) in [6.45, 7) is 0. The largest absolute Gasteiger partial charge is 0.573 e. The van der Waals surface area contributed by atoms with E-state index in [0.29, 0.717) is 4.47 Å². The molecule has 0 atom stereocenters. The number of halogens is 4. The van der Waals surface area contributed by atoms with Crippen LogP contribution in [0.2, 0.25) is 0 Å². The second kappa shape index (κ2) is 4.18. The maximum atomic E-state index is 11.9. The number of nitrogens with two attached hydrogens (primary N) is 1. The van der Waals surface area contributed by atoms with Crippen LogP contribution in [0.25, 0.3) is 0 Å². The quantitative estimate of drug-likeness (QED) is 0.850. The highest BCUT2D eigenvalue weighted by molar-refractivity contribution is 9.10. The van der Waals surface area contributed by atoms with Crippen molar-refractivity contribution < 1.29 is 22.6 Å². The normalized spacial score (nSPS) is 11.3. The van der Waals surface area contributed by atoms with E-state index < -0.39 is 12.1 Å². The summed E-state index contributed by atoms with van der Waals surface area (Å²) in [7, 11) is 1.33. The van der Waals surface area contributed by atoms with Gasteiger partial charge in [-0.25, -0.2) is 0 Å². The summed E-state index contributed by atoms with van der Waals surface area (Å²) in [6, 6.07) is 2.34. The predicted octanol–water partition coefficient (Wildman–Crippen LogP) is 2.94. The fraction of sp³-hybridized carbons (Fsp3) is 0.250.